The lowest BCUT2D eigenvalue weighted by atomic mass is 10.2. The molecule has 0 aliphatic rings. The van der Waals surface area contributed by atoms with Gasteiger partial charge in [0, 0.05) is 6.54 Å². The van der Waals surface area contributed by atoms with Crippen LogP contribution in [0.2, 0.25) is 0 Å². The molecule has 0 fully saturated rings. The van der Waals surface area contributed by atoms with Crippen LogP contribution in [-0.4, -0.2) is 29.0 Å². The molecule has 0 aliphatic carbocycles. The summed E-state index contributed by atoms with van der Waals surface area (Å²) in [6.45, 7) is 3.68. The van der Waals surface area contributed by atoms with E-state index in [0.29, 0.717) is 13.1 Å². The smallest absolute Gasteiger partial charge is 0.234 e. The van der Waals surface area contributed by atoms with Gasteiger partial charge in [0.2, 0.25) is 5.91 Å². The van der Waals surface area contributed by atoms with Gasteiger partial charge in [-0.05, 0) is 24.2 Å². The molecule has 1 heterocycles. The summed E-state index contributed by atoms with van der Waals surface area (Å²) >= 11 is 0. The highest BCUT2D eigenvalue weighted by Crippen LogP contribution is 2.11. The number of nitrogens with one attached hydrogen (secondary N) is 3. The van der Waals surface area contributed by atoms with Crippen LogP contribution in [0.3, 0.4) is 0 Å². The SMILES string of the molecule is CCNCC(=O)NCc1ccc2nc[nH]c2c1. The fourth-order valence-electron chi connectivity index (χ4n) is 1.59. The van der Waals surface area contributed by atoms with Gasteiger partial charge in [-0.3, -0.25) is 4.79 Å². The van der Waals surface area contributed by atoms with Gasteiger partial charge in [-0.25, -0.2) is 4.98 Å². The first-order chi connectivity index (χ1) is 8.29. The Balaban J connectivity index is 1.92. The molecule has 90 valence electrons. The Hall–Kier alpha value is -1.88. The fourth-order valence-corrected chi connectivity index (χ4v) is 1.59. The van der Waals surface area contributed by atoms with Crippen molar-refractivity contribution in [1.82, 2.24) is 20.6 Å². The first-order valence-corrected chi connectivity index (χ1v) is 5.69. The second-order valence-corrected chi connectivity index (χ2v) is 3.81. The molecule has 1 amide bonds. The molecule has 2 rings (SSSR count). The average Bonchev–Trinajstić information content (AvgIpc) is 2.81. The molecule has 5 nitrogen and oxygen atoms in total. The second-order valence-electron chi connectivity index (χ2n) is 3.81. The van der Waals surface area contributed by atoms with Crippen LogP contribution in [0, 0.1) is 0 Å². The summed E-state index contributed by atoms with van der Waals surface area (Å²) in [5.41, 5.74) is 2.99. The number of H-pyrrole nitrogens is 1. The van der Waals surface area contributed by atoms with Crippen molar-refractivity contribution in [1.29, 1.82) is 0 Å². The molecule has 0 bridgehead atoms. The summed E-state index contributed by atoms with van der Waals surface area (Å²) < 4.78 is 0. The molecule has 0 spiro atoms. The predicted octanol–water partition coefficient (Wildman–Crippen LogP) is 0.789. The standard InChI is InChI=1S/C12H16N4O/c1-2-13-7-12(17)14-6-9-3-4-10-11(5-9)16-8-15-10/h3-5,8,13H,2,6-7H2,1H3,(H,14,17)(H,15,16). The number of aromatic nitrogens is 2. The number of carbonyl (C=O) groups is 1. The van der Waals surface area contributed by atoms with Crippen LogP contribution in [0.4, 0.5) is 0 Å². The summed E-state index contributed by atoms with van der Waals surface area (Å²) in [4.78, 5) is 18.6. The molecule has 2 aromatic rings. The van der Waals surface area contributed by atoms with E-state index in [1.165, 1.54) is 0 Å². The van der Waals surface area contributed by atoms with Crippen LogP contribution in [0.1, 0.15) is 12.5 Å². The van der Waals surface area contributed by atoms with E-state index in [4.69, 9.17) is 0 Å². The molecular formula is C12H16N4O. The number of benzene rings is 1. The van der Waals surface area contributed by atoms with E-state index < -0.39 is 0 Å². The summed E-state index contributed by atoms with van der Waals surface area (Å²) in [5.74, 6) is 0.0107. The van der Waals surface area contributed by atoms with E-state index in [2.05, 4.69) is 20.6 Å². The highest BCUT2D eigenvalue weighted by molar-refractivity contribution is 5.78. The minimum atomic E-state index is 0.0107. The van der Waals surface area contributed by atoms with Gasteiger partial charge in [-0.15, -0.1) is 0 Å². The van der Waals surface area contributed by atoms with E-state index in [9.17, 15) is 4.79 Å². The zero-order valence-electron chi connectivity index (χ0n) is 9.79. The molecule has 17 heavy (non-hydrogen) atoms. The molecule has 3 N–H and O–H groups in total. The van der Waals surface area contributed by atoms with Crippen molar-refractivity contribution in [3.8, 4) is 0 Å². The Morgan fingerprint density at radius 1 is 1.47 bits per heavy atom. The van der Waals surface area contributed by atoms with Crippen LogP contribution in [0.5, 0.6) is 0 Å². The summed E-state index contributed by atoms with van der Waals surface area (Å²) in [6, 6.07) is 5.91. The topological polar surface area (TPSA) is 69.8 Å². The van der Waals surface area contributed by atoms with Gasteiger partial charge in [0.1, 0.15) is 0 Å². The number of carbonyl (C=O) groups excluding carboxylic acids is 1. The van der Waals surface area contributed by atoms with E-state index in [-0.39, 0.29) is 5.91 Å². The predicted molar refractivity (Wildman–Crippen MR) is 66.5 cm³/mol. The highest BCUT2D eigenvalue weighted by Gasteiger charge is 2.01. The van der Waals surface area contributed by atoms with Crippen molar-refractivity contribution in [2.45, 2.75) is 13.5 Å². The van der Waals surface area contributed by atoms with Crippen molar-refractivity contribution in [2.75, 3.05) is 13.1 Å². The molecule has 0 saturated carbocycles. The third-order valence-corrected chi connectivity index (χ3v) is 2.51. The molecule has 1 aromatic carbocycles. The van der Waals surface area contributed by atoms with Crippen LogP contribution >= 0.6 is 0 Å². The maximum atomic E-state index is 11.4. The lowest BCUT2D eigenvalue weighted by molar-refractivity contribution is -0.120. The number of aromatic amines is 1. The third-order valence-electron chi connectivity index (χ3n) is 2.51. The molecule has 0 aliphatic heterocycles. The number of hydrogen-bond acceptors (Lipinski definition) is 3. The average molecular weight is 232 g/mol. The largest absolute Gasteiger partial charge is 0.351 e. The third kappa shape index (κ3) is 3.04. The zero-order chi connectivity index (χ0) is 12.1. The van der Waals surface area contributed by atoms with Gasteiger partial charge < -0.3 is 15.6 Å². The first kappa shape index (κ1) is 11.6. The molecule has 0 radical (unpaired) electrons. The Bertz CT molecular complexity index is 506. The normalized spacial score (nSPS) is 10.6. The van der Waals surface area contributed by atoms with Crippen LogP contribution < -0.4 is 10.6 Å². The zero-order valence-corrected chi connectivity index (χ0v) is 9.79. The maximum Gasteiger partial charge on any atom is 0.234 e. The van der Waals surface area contributed by atoms with Crippen molar-refractivity contribution in [3.05, 3.63) is 30.1 Å². The molecular weight excluding hydrogens is 216 g/mol. The first-order valence-electron chi connectivity index (χ1n) is 5.69. The van der Waals surface area contributed by atoms with Gasteiger partial charge >= 0.3 is 0 Å². The highest BCUT2D eigenvalue weighted by atomic mass is 16.1. The van der Waals surface area contributed by atoms with Gasteiger partial charge in [0.25, 0.3) is 0 Å². The van der Waals surface area contributed by atoms with Gasteiger partial charge in [0.15, 0.2) is 0 Å². The minimum absolute atomic E-state index is 0.0107. The van der Waals surface area contributed by atoms with E-state index >= 15 is 0 Å². The van der Waals surface area contributed by atoms with Gasteiger partial charge in [-0.1, -0.05) is 13.0 Å². The van der Waals surface area contributed by atoms with Crippen LogP contribution in [-0.2, 0) is 11.3 Å². The number of amides is 1. The van der Waals surface area contributed by atoms with E-state index in [1.54, 1.807) is 6.33 Å². The fraction of sp³-hybridized carbons (Fsp3) is 0.333. The van der Waals surface area contributed by atoms with Gasteiger partial charge in [0.05, 0.1) is 23.9 Å². The minimum Gasteiger partial charge on any atom is -0.351 e. The van der Waals surface area contributed by atoms with E-state index in [0.717, 1.165) is 23.1 Å². The maximum absolute atomic E-state index is 11.4. The Morgan fingerprint density at radius 2 is 2.35 bits per heavy atom. The Labute approximate surface area is 99.6 Å². The lowest BCUT2D eigenvalue weighted by Crippen LogP contribution is -2.33. The molecule has 0 atom stereocenters. The number of imidazole rings is 1. The number of rotatable bonds is 5. The summed E-state index contributed by atoms with van der Waals surface area (Å²) in [6.07, 6.45) is 1.66. The van der Waals surface area contributed by atoms with Crippen molar-refractivity contribution < 1.29 is 4.79 Å². The van der Waals surface area contributed by atoms with Crippen molar-refractivity contribution in [2.24, 2.45) is 0 Å². The number of fused-ring (bicyclic) bond motifs is 1. The van der Waals surface area contributed by atoms with Gasteiger partial charge in [-0.2, -0.15) is 0 Å². The summed E-state index contributed by atoms with van der Waals surface area (Å²) in [5, 5.41) is 5.84. The molecule has 1 aromatic heterocycles. The Morgan fingerprint density at radius 3 is 3.18 bits per heavy atom. The monoisotopic (exact) mass is 232 g/mol. The van der Waals surface area contributed by atoms with Crippen molar-refractivity contribution >= 4 is 16.9 Å². The quantitative estimate of drug-likeness (QED) is 0.713. The summed E-state index contributed by atoms with van der Waals surface area (Å²) in [7, 11) is 0. The number of likely N-dealkylation sites (N-methyl/N-ethyl adjacent to an activating group) is 1. The molecule has 5 heteroatoms. The Kier molecular flexibility index (Phi) is 3.72. The van der Waals surface area contributed by atoms with E-state index in [1.807, 2.05) is 25.1 Å². The second kappa shape index (κ2) is 5.45. The number of nitrogens with zero attached hydrogens (tertiary/aromatic N) is 1. The van der Waals surface area contributed by atoms with Crippen LogP contribution in [0.25, 0.3) is 11.0 Å². The molecule has 0 saturated heterocycles. The lowest BCUT2D eigenvalue weighted by Gasteiger charge is -2.05. The van der Waals surface area contributed by atoms with Crippen LogP contribution in [0.15, 0.2) is 24.5 Å². The number of hydrogen-bond donors (Lipinski definition) is 3. The molecule has 0 unspecified atom stereocenters. The van der Waals surface area contributed by atoms with Crippen molar-refractivity contribution in [3.63, 3.8) is 0 Å².